The van der Waals surface area contributed by atoms with E-state index in [1.807, 2.05) is 41.8 Å². The van der Waals surface area contributed by atoms with Crippen LogP contribution < -0.4 is 10.3 Å². The van der Waals surface area contributed by atoms with Crippen LogP contribution in [-0.2, 0) is 11.2 Å². The molecule has 2 aliphatic rings. The van der Waals surface area contributed by atoms with Crippen LogP contribution in [0.25, 0.3) is 10.9 Å². The number of urea groups is 1. The van der Waals surface area contributed by atoms with Gasteiger partial charge in [-0.05, 0) is 58.1 Å². The van der Waals surface area contributed by atoms with Gasteiger partial charge in [0.25, 0.3) is 5.56 Å². The van der Waals surface area contributed by atoms with E-state index in [-0.39, 0.29) is 29.8 Å². The van der Waals surface area contributed by atoms with Crippen LogP contribution in [0.2, 0.25) is 0 Å². The molecule has 214 valence electrons. The molecule has 1 aromatic carbocycles. The Morgan fingerprint density at radius 2 is 1.75 bits per heavy atom. The van der Waals surface area contributed by atoms with E-state index in [1.54, 1.807) is 13.2 Å². The van der Waals surface area contributed by atoms with Crippen molar-refractivity contribution in [1.29, 1.82) is 0 Å². The maximum absolute atomic E-state index is 13.7. The van der Waals surface area contributed by atoms with Crippen LogP contribution in [0.3, 0.4) is 0 Å². The molecule has 2 fully saturated rings. The minimum Gasteiger partial charge on any atom is -0.496 e. The zero-order valence-electron chi connectivity index (χ0n) is 24.0. The van der Waals surface area contributed by atoms with Crippen LogP contribution in [0.15, 0.2) is 35.1 Å². The second kappa shape index (κ2) is 11.9. The number of rotatable bonds is 7. The first-order chi connectivity index (χ1) is 19.3. The second-order valence-electron chi connectivity index (χ2n) is 11.0. The number of aromatic nitrogens is 2. The third-order valence-corrected chi connectivity index (χ3v) is 8.67. The Morgan fingerprint density at radius 3 is 2.45 bits per heavy atom. The lowest BCUT2D eigenvalue weighted by atomic mass is 9.90. The molecule has 9 heteroatoms. The number of aromatic amines is 1. The van der Waals surface area contributed by atoms with Gasteiger partial charge < -0.3 is 28.8 Å². The van der Waals surface area contributed by atoms with Crippen molar-refractivity contribution in [1.82, 2.24) is 19.4 Å². The Balaban J connectivity index is 1.34. The Kier molecular flexibility index (Phi) is 8.30. The maximum Gasteiger partial charge on any atom is 0.320 e. The summed E-state index contributed by atoms with van der Waals surface area (Å²) in [6.45, 7) is 10.1. The van der Waals surface area contributed by atoms with E-state index in [4.69, 9.17) is 9.47 Å². The largest absolute Gasteiger partial charge is 0.496 e. The average molecular weight is 549 g/mol. The number of aryl methyl sites for hydroxylation is 1. The monoisotopic (exact) mass is 548 g/mol. The van der Waals surface area contributed by atoms with Crippen LogP contribution >= 0.6 is 0 Å². The molecule has 0 bridgehead atoms. The smallest absolute Gasteiger partial charge is 0.320 e. The molecule has 1 N–H and O–H groups in total. The van der Waals surface area contributed by atoms with Gasteiger partial charge in [0.05, 0.1) is 25.9 Å². The molecule has 3 aromatic rings. The highest BCUT2D eigenvalue weighted by Crippen LogP contribution is 2.36. The number of fused-ring (bicyclic) bond motifs is 1. The summed E-state index contributed by atoms with van der Waals surface area (Å²) in [5.41, 5.74) is 3.74. The van der Waals surface area contributed by atoms with Crippen LogP contribution in [-0.4, -0.2) is 77.7 Å². The molecule has 2 saturated heterocycles. The van der Waals surface area contributed by atoms with Crippen molar-refractivity contribution >= 4 is 22.7 Å². The van der Waals surface area contributed by atoms with E-state index in [0.717, 1.165) is 53.8 Å². The molecule has 2 aromatic heterocycles. The first-order valence-corrected chi connectivity index (χ1v) is 14.3. The van der Waals surface area contributed by atoms with Gasteiger partial charge in [0, 0.05) is 66.5 Å². The molecular formula is C31H40N4O5. The fourth-order valence-corrected chi connectivity index (χ4v) is 6.48. The number of amides is 2. The predicted octanol–water partition coefficient (Wildman–Crippen LogP) is 4.50. The maximum atomic E-state index is 13.7. The number of Topliss-reactive ketones (excluding diaryl/α,β-unsaturated/α-hetero) is 1. The van der Waals surface area contributed by atoms with Crippen molar-refractivity contribution in [3.8, 4) is 5.75 Å². The van der Waals surface area contributed by atoms with Gasteiger partial charge >= 0.3 is 6.03 Å². The zero-order valence-corrected chi connectivity index (χ0v) is 24.0. The molecule has 0 unspecified atom stereocenters. The molecule has 2 aliphatic heterocycles. The number of nitrogens with zero attached hydrogens (tertiary/aromatic N) is 3. The minimum atomic E-state index is -0.212. The van der Waals surface area contributed by atoms with Crippen molar-refractivity contribution in [2.75, 3.05) is 46.5 Å². The number of carbonyl (C=O) groups is 2. The first kappa shape index (κ1) is 28.0. The number of carbonyl (C=O) groups excluding carboxylic acids is 2. The summed E-state index contributed by atoms with van der Waals surface area (Å²) in [4.78, 5) is 45.9. The van der Waals surface area contributed by atoms with Crippen molar-refractivity contribution in [2.45, 2.75) is 52.5 Å². The third kappa shape index (κ3) is 5.39. The lowest BCUT2D eigenvalue weighted by Gasteiger charge is -2.39. The van der Waals surface area contributed by atoms with Gasteiger partial charge in [0.2, 0.25) is 0 Å². The van der Waals surface area contributed by atoms with Gasteiger partial charge in [-0.1, -0.05) is 18.2 Å². The van der Waals surface area contributed by atoms with Gasteiger partial charge in [0.15, 0.2) is 5.78 Å². The molecule has 40 heavy (non-hydrogen) atoms. The molecule has 0 aliphatic carbocycles. The van der Waals surface area contributed by atoms with Gasteiger partial charge in [-0.2, -0.15) is 0 Å². The van der Waals surface area contributed by atoms with Crippen molar-refractivity contribution < 1.29 is 19.1 Å². The number of nitrogens with one attached hydrogen (secondary N) is 1. The Morgan fingerprint density at radius 1 is 1.07 bits per heavy atom. The number of hydrogen-bond acceptors (Lipinski definition) is 5. The number of pyridine rings is 1. The van der Waals surface area contributed by atoms with Gasteiger partial charge in [-0.15, -0.1) is 0 Å². The highest BCUT2D eigenvalue weighted by Gasteiger charge is 2.32. The summed E-state index contributed by atoms with van der Waals surface area (Å²) in [7, 11) is 1.54. The lowest BCUT2D eigenvalue weighted by Crippen LogP contribution is -2.50. The molecule has 0 radical (unpaired) electrons. The topological polar surface area (TPSA) is 96.9 Å². The highest BCUT2D eigenvalue weighted by atomic mass is 16.5. The van der Waals surface area contributed by atoms with Crippen molar-refractivity contribution in [2.24, 2.45) is 5.92 Å². The molecular weight excluding hydrogens is 508 g/mol. The first-order valence-electron chi connectivity index (χ1n) is 14.3. The Labute approximate surface area is 235 Å². The number of para-hydroxylation sites is 1. The van der Waals surface area contributed by atoms with Gasteiger partial charge in [-0.3, -0.25) is 9.59 Å². The quantitative estimate of drug-likeness (QED) is 0.439. The Bertz CT molecular complexity index is 1440. The van der Waals surface area contributed by atoms with E-state index in [1.165, 1.54) is 0 Å². The number of piperidine rings is 1. The van der Waals surface area contributed by atoms with E-state index in [9.17, 15) is 14.4 Å². The van der Waals surface area contributed by atoms with Crippen molar-refractivity contribution in [3.63, 3.8) is 0 Å². The van der Waals surface area contributed by atoms with E-state index < -0.39 is 0 Å². The van der Waals surface area contributed by atoms with Crippen LogP contribution in [0.5, 0.6) is 5.75 Å². The summed E-state index contributed by atoms with van der Waals surface area (Å²) in [5.74, 6) is 0.925. The normalized spacial score (nSPS) is 17.3. The highest BCUT2D eigenvalue weighted by molar-refractivity contribution is 6.09. The average Bonchev–Trinajstić information content (AvgIpc) is 3.27. The van der Waals surface area contributed by atoms with Crippen LogP contribution in [0.4, 0.5) is 4.79 Å². The SMILES string of the molecule is COc1cc(C)[nH]c(=O)c1CCC(=O)c1c(C)n([C@H](C)C2CCN(C(=O)N3CCOCC3)CC2)c2ccccc12. The number of ether oxygens (including phenoxy) is 2. The Hall–Kier alpha value is -3.59. The molecule has 4 heterocycles. The fourth-order valence-electron chi connectivity index (χ4n) is 6.48. The zero-order chi connectivity index (χ0) is 28.4. The number of ketones is 1. The molecule has 5 rings (SSSR count). The van der Waals surface area contributed by atoms with Crippen molar-refractivity contribution in [3.05, 3.63) is 63.2 Å². The van der Waals surface area contributed by atoms with E-state index in [2.05, 4.69) is 22.5 Å². The van der Waals surface area contributed by atoms with E-state index >= 15 is 0 Å². The predicted molar refractivity (Wildman–Crippen MR) is 154 cm³/mol. The number of morpholine rings is 1. The number of methoxy groups -OCH3 is 1. The summed E-state index contributed by atoms with van der Waals surface area (Å²) in [6.07, 6.45) is 2.36. The summed E-state index contributed by atoms with van der Waals surface area (Å²) < 4.78 is 13.1. The minimum absolute atomic E-state index is 0.0209. The van der Waals surface area contributed by atoms with E-state index in [0.29, 0.717) is 50.0 Å². The third-order valence-electron chi connectivity index (χ3n) is 8.67. The fraction of sp³-hybridized carbons (Fsp3) is 0.516. The molecule has 9 nitrogen and oxygen atoms in total. The number of H-pyrrole nitrogens is 1. The summed E-state index contributed by atoms with van der Waals surface area (Å²) in [6, 6.07) is 10.2. The summed E-state index contributed by atoms with van der Waals surface area (Å²) >= 11 is 0. The van der Waals surface area contributed by atoms with Gasteiger partial charge in [0.1, 0.15) is 5.75 Å². The number of likely N-dealkylation sites (tertiary alicyclic amines) is 1. The molecule has 1 atom stereocenters. The van der Waals surface area contributed by atoms with Crippen LogP contribution in [0, 0.1) is 19.8 Å². The second-order valence-corrected chi connectivity index (χ2v) is 11.0. The molecule has 2 amide bonds. The number of benzene rings is 1. The lowest BCUT2D eigenvalue weighted by molar-refractivity contribution is 0.0390. The molecule has 0 spiro atoms. The molecule has 0 saturated carbocycles. The summed E-state index contributed by atoms with van der Waals surface area (Å²) in [5, 5.41) is 0.946. The van der Waals surface area contributed by atoms with Gasteiger partial charge in [-0.25, -0.2) is 4.79 Å². The standard InChI is InChI=1S/C31H40N4O5/c1-20-19-28(39-4)25(30(37)32-20)9-10-27(36)29-22(3)35(26-8-6-5-7-24(26)29)21(2)23-11-13-33(14-12-23)31(38)34-15-17-40-18-16-34/h5-8,19,21,23H,9-18H2,1-4H3,(H,32,37)/t21-/m1/s1. The van der Waals surface area contributed by atoms with Crippen LogP contribution in [0.1, 0.15) is 59.5 Å². The number of hydrogen-bond donors (Lipinski definition) is 1.